The number of likely N-dealkylation sites (tertiary alicyclic amines) is 1. The zero-order valence-electron chi connectivity index (χ0n) is 12.4. The Morgan fingerprint density at radius 1 is 1.43 bits per heavy atom. The van der Waals surface area contributed by atoms with Crippen molar-refractivity contribution < 1.29 is 4.79 Å². The molecule has 0 spiro atoms. The summed E-state index contributed by atoms with van der Waals surface area (Å²) in [7, 11) is 0. The average molecular weight is 310 g/mol. The number of carbonyl (C=O) groups is 1. The minimum Gasteiger partial charge on any atom is -0.340 e. The summed E-state index contributed by atoms with van der Waals surface area (Å²) in [6, 6.07) is 10.7. The Hall–Kier alpha value is -1.10. The van der Waals surface area contributed by atoms with E-state index in [9.17, 15) is 4.79 Å². The quantitative estimate of drug-likeness (QED) is 0.886. The molecule has 2 aliphatic rings. The van der Waals surface area contributed by atoms with Gasteiger partial charge < -0.3 is 16.0 Å². The molecule has 1 aliphatic heterocycles. The molecule has 1 aromatic rings. The number of amides is 1. The molecule has 116 valence electrons. The number of halogens is 1. The molecule has 1 saturated heterocycles. The summed E-state index contributed by atoms with van der Waals surface area (Å²) in [6.45, 7) is 4.14. The Balaban J connectivity index is 0.00000161. The maximum absolute atomic E-state index is 12.1. The fourth-order valence-corrected chi connectivity index (χ4v) is 3.13. The molecule has 1 amide bonds. The summed E-state index contributed by atoms with van der Waals surface area (Å²) in [6.07, 6.45) is 2.03. The third kappa shape index (κ3) is 3.57. The Labute approximate surface area is 132 Å². The van der Waals surface area contributed by atoms with E-state index in [-0.39, 0.29) is 29.9 Å². The number of benzene rings is 1. The van der Waals surface area contributed by atoms with Crippen molar-refractivity contribution in [2.75, 3.05) is 19.6 Å². The van der Waals surface area contributed by atoms with Crippen LogP contribution >= 0.6 is 12.4 Å². The molecule has 0 unspecified atom stereocenters. The predicted molar refractivity (Wildman–Crippen MR) is 86.6 cm³/mol. The van der Waals surface area contributed by atoms with Crippen molar-refractivity contribution >= 4 is 18.3 Å². The lowest BCUT2D eigenvalue weighted by atomic mass is 10.1. The third-order valence-corrected chi connectivity index (χ3v) is 4.66. The lowest BCUT2D eigenvalue weighted by Gasteiger charge is -2.19. The van der Waals surface area contributed by atoms with Crippen LogP contribution in [0.25, 0.3) is 0 Å². The summed E-state index contributed by atoms with van der Waals surface area (Å²) < 4.78 is 0. The van der Waals surface area contributed by atoms with Crippen LogP contribution < -0.4 is 11.1 Å². The van der Waals surface area contributed by atoms with Gasteiger partial charge >= 0.3 is 0 Å². The number of nitrogens with zero attached hydrogens (tertiary/aromatic N) is 1. The Bertz CT molecular complexity index is 496. The molecule has 1 aliphatic carbocycles. The van der Waals surface area contributed by atoms with Crippen LogP contribution in [0.2, 0.25) is 0 Å². The average Bonchev–Trinajstić information content (AvgIpc) is 2.94. The first kappa shape index (κ1) is 16.3. The van der Waals surface area contributed by atoms with Crippen LogP contribution in [0.15, 0.2) is 30.3 Å². The van der Waals surface area contributed by atoms with Gasteiger partial charge in [0.25, 0.3) is 0 Å². The van der Waals surface area contributed by atoms with Crippen LogP contribution in [0.4, 0.5) is 0 Å². The van der Waals surface area contributed by atoms with Gasteiger partial charge in [0, 0.05) is 30.6 Å². The fourth-order valence-electron chi connectivity index (χ4n) is 3.13. The van der Waals surface area contributed by atoms with Crippen molar-refractivity contribution in [1.29, 1.82) is 0 Å². The third-order valence-electron chi connectivity index (χ3n) is 4.66. The summed E-state index contributed by atoms with van der Waals surface area (Å²) in [5, 5.41) is 3.44. The van der Waals surface area contributed by atoms with Gasteiger partial charge in [-0.05, 0) is 25.3 Å². The topological polar surface area (TPSA) is 58.4 Å². The summed E-state index contributed by atoms with van der Waals surface area (Å²) >= 11 is 0. The number of rotatable bonds is 4. The van der Waals surface area contributed by atoms with Crippen molar-refractivity contribution in [3.8, 4) is 0 Å². The number of carbonyl (C=O) groups excluding carboxylic acids is 1. The molecule has 2 fully saturated rings. The van der Waals surface area contributed by atoms with Crippen LogP contribution in [-0.4, -0.2) is 42.0 Å². The van der Waals surface area contributed by atoms with Crippen LogP contribution in [-0.2, 0) is 4.79 Å². The minimum absolute atomic E-state index is 0. The predicted octanol–water partition coefficient (Wildman–Crippen LogP) is 1.50. The first-order chi connectivity index (χ1) is 9.58. The van der Waals surface area contributed by atoms with Crippen molar-refractivity contribution in [1.82, 2.24) is 10.2 Å². The smallest absolute Gasteiger partial charge is 0.236 e. The monoisotopic (exact) mass is 309 g/mol. The van der Waals surface area contributed by atoms with Gasteiger partial charge in [0.1, 0.15) is 0 Å². The van der Waals surface area contributed by atoms with Crippen molar-refractivity contribution in [2.45, 2.75) is 37.3 Å². The highest BCUT2D eigenvalue weighted by Crippen LogP contribution is 2.50. The highest BCUT2D eigenvalue weighted by atomic mass is 35.5. The van der Waals surface area contributed by atoms with Gasteiger partial charge in [0.2, 0.25) is 5.91 Å². The molecule has 1 aromatic carbocycles. The minimum atomic E-state index is 0. The van der Waals surface area contributed by atoms with Crippen molar-refractivity contribution in [2.24, 2.45) is 5.73 Å². The van der Waals surface area contributed by atoms with Crippen LogP contribution in [0, 0.1) is 0 Å². The Morgan fingerprint density at radius 3 is 2.76 bits per heavy atom. The van der Waals surface area contributed by atoms with Crippen LogP contribution in [0.3, 0.4) is 0 Å². The maximum atomic E-state index is 12.1. The zero-order valence-corrected chi connectivity index (χ0v) is 13.2. The normalized spacial score (nSPS) is 30.9. The van der Waals surface area contributed by atoms with E-state index in [2.05, 4.69) is 36.5 Å². The number of hydrogen-bond donors (Lipinski definition) is 2. The fraction of sp³-hybridized carbons (Fsp3) is 0.562. The molecule has 1 saturated carbocycles. The molecule has 0 radical (unpaired) electrons. The second-order valence-corrected chi connectivity index (χ2v) is 6.33. The standard InChI is InChI=1S/C16H23N3O.ClH/c1-16(9-14(16)12-5-3-2-4-6-12)18-10-15(20)19-8-7-13(17)11-19;/h2-6,13-14,18H,7-11,17H2,1H3;1H/t13-,14+,16-;/m0./s1. The Morgan fingerprint density at radius 2 is 2.14 bits per heavy atom. The molecular formula is C16H24ClN3O. The van der Waals surface area contributed by atoms with Gasteiger partial charge in [-0.3, -0.25) is 4.79 Å². The highest BCUT2D eigenvalue weighted by molar-refractivity contribution is 5.85. The van der Waals surface area contributed by atoms with Gasteiger partial charge in [-0.15, -0.1) is 12.4 Å². The first-order valence-corrected chi connectivity index (χ1v) is 7.42. The Kier molecular flexibility index (Phi) is 4.91. The molecule has 4 nitrogen and oxygen atoms in total. The SMILES string of the molecule is C[C@]1(NCC(=O)N2CC[C@H](N)C2)C[C@@H]1c1ccccc1.Cl. The van der Waals surface area contributed by atoms with E-state index >= 15 is 0 Å². The molecule has 5 heteroatoms. The molecule has 0 aromatic heterocycles. The second-order valence-electron chi connectivity index (χ2n) is 6.33. The van der Waals surface area contributed by atoms with Crippen LogP contribution in [0.1, 0.15) is 31.2 Å². The van der Waals surface area contributed by atoms with E-state index in [1.165, 1.54) is 5.56 Å². The summed E-state index contributed by atoms with van der Waals surface area (Å²) in [4.78, 5) is 14.0. The van der Waals surface area contributed by atoms with E-state index in [1.54, 1.807) is 0 Å². The van der Waals surface area contributed by atoms with E-state index in [0.29, 0.717) is 19.0 Å². The van der Waals surface area contributed by atoms with E-state index in [0.717, 1.165) is 19.4 Å². The molecular weight excluding hydrogens is 286 g/mol. The molecule has 3 atom stereocenters. The van der Waals surface area contributed by atoms with E-state index < -0.39 is 0 Å². The van der Waals surface area contributed by atoms with Gasteiger partial charge in [-0.2, -0.15) is 0 Å². The molecule has 0 bridgehead atoms. The highest BCUT2D eigenvalue weighted by Gasteiger charge is 2.50. The zero-order chi connectivity index (χ0) is 14.2. The first-order valence-electron chi connectivity index (χ1n) is 7.42. The lowest BCUT2D eigenvalue weighted by molar-refractivity contribution is -0.129. The lowest BCUT2D eigenvalue weighted by Crippen LogP contribution is -2.42. The summed E-state index contributed by atoms with van der Waals surface area (Å²) in [5.74, 6) is 0.704. The van der Waals surface area contributed by atoms with Crippen molar-refractivity contribution in [3.05, 3.63) is 35.9 Å². The van der Waals surface area contributed by atoms with Gasteiger partial charge in [0.15, 0.2) is 0 Å². The maximum Gasteiger partial charge on any atom is 0.236 e. The van der Waals surface area contributed by atoms with Crippen molar-refractivity contribution in [3.63, 3.8) is 0 Å². The number of nitrogens with two attached hydrogens (primary N) is 1. The molecule has 3 N–H and O–H groups in total. The summed E-state index contributed by atoms with van der Waals surface area (Å²) in [5.41, 5.74) is 7.27. The van der Waals surface area contributed by atoms with Crippen LogP contribution in [0.5, 0.6) is 0 Å². The second kappa shape index (κ2) is 6.34. The van der Waals surface area contributed by atoms with Gasteiger partial charge in [0.05, 0.1) is 6.54 Å². The molecule has 1 heterocycles. The van der Waals surface area contributed by atoms with E-state index in [4.69, 9.17) is 5.73 Å². The largest absolute Gasteiger partial charge is 0.340 e. The van der Waals surface area contributed by atoms with Gasteiger partial charge in [-0.1, -0.05) is 30.3 Å². The number of nitrogens with one attached hydrogen (secondary N) is 1. The van der Waals surface area contributed by atoms with E-state index in [1.807, 2.05) is 11.0 Å². The van der Waals surface area contributed by atoms with Gasteiger partial charge in [-0.25, -0.2) is 0 Å². The number of hydrogen-bond acceptors (Lipinski definition) is 3. The molecule has 21 heavy (non-hydrogen) atoms. The molecule has 3 rings (SSSR count).